The van der Waals surface area contributed by atoms with Crippen LogP contribution >= 0.6 is 0 Å². The fourth-order valence-electron chi connectivity index (χ4n) is 1.38. The minimum Gasteiger partial charge on any atom is -0.464 e. The average Bonchev–Trinajstić information content (AvgIpc) is 2.42. The molecule has 0 bridgehead atoms. The van der Waals surface area contributed by atoms with E-state index in [1.165, 1.54) is 26.4 Å². The first kappa shape index (κ1) is 14.4. The molecule has 0 aliphatic heterocycles. The van der Waals surface area contributed by atoms with Crippen LogP contribution in [0.15, 0.2) is 12.1 Å². The maximum Gasteiger partial charge on any atom is 0.188 e. The van der Waals surface area contributed by atoms with Crippen LogP contribution in [0, 0.1) is 0 Å². The molecule has 0 radical (unpaired) electrons. The fourth-order valence-corrected chi connectivity index (χ4v) is 1.38. The first-order chi connectivity index (χ1) is 8.76. The van der Waals surface area contributed by atoms with Crippen molar-refractivity contribution in [2.75, 3.05) is 27.8 Å². The molecule has 0 unspecified atom stereocenters. The van der Waals surface area contributed by atoms with Crippen molar-refractivity contribution >= 4 is 6.29 Å². The molecular formula is C12H16O6. The molecular weight excluding hydrogens is 240 g/mol. The first-order valence-corrected chi connectivity index (χ1v) is 5.23. The van der Waals surface area contributed by atoms with Gasteiger partial charge >= 0.3 is 0 Å². The van der Waals surface area contributed by atoms with Gasteiger partial charge in [-0.25, -0.2) is 0 Å². The van der Waals surface area contributed by atoms with E-state index in [1.54, 1.807) is 0 Å². The Labute approximate surface area is 105 Å². The number of aliphatic hydroxyl groups excluding tert-OH is 1. The van der Waals surface area contributed by atoms with Gasteiger partial charge in [-0.15, -0.1) is 0 Å². The van der Waals surface area contributed by atoms with Crippen molar-refractivity contribution in [3.63, 3.8) is 0 Å². The summed E-state index contributed by atoms with van der Waals surface area (Å²) >= 11 is 0. The van der Waals surface area contributed by atoms with Gasteiger partial charge in [-0.05, 0) is 12.1 Å². The lowest BCUT2D eigenvalue weighted by Gasteiger charge is -2.15. The number of hydrogen-bond donors (Lipinski definition) is 1. The van der Waals surface area contributed by atoms with Gasteiger partial charge in [0.05, 0.1) is 6.61 Å². The Balaban J connectivity index is 3.09. The van der Waals surface area contributed by atoms with E-state index in [9.17, 15) is 9.90 Å². The molecule has 1 rings (SSSR count). The van der Waals surface area contributed by atoms with Crippen LogP contribution in [0.2, 0.25) is 0 Å². The van der Waals surface area contributed by atoms with E-state index in [0.717, 1.165) is 0 Å². The summed E-state index contributed by atoms with van der Waals surface area (Å²) in [6, 6.07) is 3.04. The van der Waals surface area contributed by atoms with E-state index in [2.05, 4.69) is 0 Å². The van der Waals surface area contributed by atoms with Gasteiger partial charge < -0.3 is 24.1 Å². The predicted octanol–water partition coefficient (Wildman–Crippen LogP) is 0.957. The van der Waals surface area contributed by atoms with Crippen LogP contribution in [-0.2, 0) is 16.1 Å². The van der Waals surface area contributed by atoms with Crippen molar-refractivity contribution in [1.29, 1.82) is 0 Å². The Morgan fingerprint density at radius 3 is 2.39 bits per heavy atom. The quantitative estimate of drug-likeness (QED) is 0.551. The highest BCUT2D eigenvalue weighted by Crippen LogP contribution is 2.33. The molecule has 0 atom stereocenters. The van der Waals surface area contributed by atoms with Gasteiger partial charge in [-0.2, -0.15) is 0 Å². The summed E-state index contributed by atoms with van der Waals surface area (Å²) in [5.41, 5.74) is 0.831. The smallest absolute Gasteiger partial charge is 0.188 e. The van der Waals surface area contributed by atoms with Gasteiger partial charge in [0.25, 0.3) is 0 Å². The molecule has 0 amide bonds. The van der Waals surface area contributed by atoms with Gasteiger partial charge in [0.2, 0.25) is 0 Å². The summed E-state index contributed by atoms with van der Waals surface area (Å²) < 4.78 is 20.2. The second-order valence-electron chi connectivity index (χ2n) is 3.38. The topological polar surface area (TPSA) is 74.2 Å². The fraction of sp³-hybridized carbons (Fsp3) is 0.417. The maximum absolute atomic E-state index is 10.8. The van der Waals surface area contributed by atoms with Crippen molar-refractivity contribution in [3.8, 4) is 11.5 Å². The summed E-state index contributed by atoms with van der Waals surface area (Å²) in [7, 11) is 2.96. The third-order valence-electron chi connectivity index (χ3n) is 2.11. The lowest BCUT2D eigenvalue weighted by molar-refractivity contribution is 0.0310. The molecule has 1 aromatic rings. The summed E-state index contributed by atoms with van der Waals surface area (Å²) in [6.45, 7) is -0.253. The molecule has 0 saturated heterocycles. The molecule has 1 aromatic carbocycles. The number of ether oxygens (including phenoxy) is 4. The van der Waals surface area contributed by atoms with Crippen LogP contribution in [0.4, 0.5) is 0 Å². The maximum atomic E-state index is 10.8. The highest BCUT2D eigenvalue weighted by molar-refractivity contribution is 5.77. The lowest BCUT2D eigenvalue weighted by atomic mass is 10.1. The van der Waals surface area contributed by atoms with Gasteiger partial charge in [-0.3, -0.25) is 4.79 Å². The summed E-state index contributed by atoms with van der Waals surface area (Å²) in [5.74, 6) is 0.657. The van der Waals surface area contributed by atoms with Crippen LogP contribution < -0.4 is 9.47 Å². The minimum atomic E-state index is -0.274. The van der Waals surface area contributed by atoms with E-state index >= 15 is 0 Å². The molecule has 6 heteroatoms. The molecule has 0 aliphatic rings. The third kappa shape index (κ3) is 3.69. The van der Waals surface area contributed by atoms with Crippen LogP contribution in [0.5, 0.6) is 11.5 Å². The average molecular weight is 256 g/mol. The Hall–Kier alpha value is -1.63. The second kappa shape index (κ2) is 7.65. The second-order valence-corrected chi connectivity index (χ2v) is 3.38. The van der Waals surface area contributed by atoms with Gasteiger partial charge in [0.1, 0.15) is 6.29 Å². The Bertz CT molecular complexity index is 390. The molecule has 1 N–H and O–H groups in total. The molecule has 0 spiro atoms. The number of carbonyl (C=O) groups excluding carboxylic acids is 1. The largest absolute Gasteiger partial charge is 0.464 e. The van der Waals surface area contributed by atoms with Gasteiger partial charge in [0, 0.05) is 25.3 Å². The number of benzene rings is 1. The van der Waals surface area contributed by atoms with Gasteiger partial charge in [-0.1, -0.05) is 0 Å². The monoisotopic (exact) mass is 256 g/mol. The molecule has 0 fully saturated rings. The van der Waals surface area contributed by atoms with Crippen molar-refractivity contribution in [1.82, 2.24) is 0 Å². The molecule has 18 heavy (non-hydrogen) atoms. The zero-order valence-corrected chi connectivity index (χ0v) is 10.3. The van der Waals surface area contributed by atoms with E-state index in [0.29, 0.717) is 28.9 Å². The number of rotatable bonds is 8. The summed E-state index contributed by atoms with van der Waals surface area (Å²) in [4.78, 5) is 10.8. The molecule has 0 aromatic heterocycles. The van der Waals surface area contributed by atoms with E-state index in [-0.39, 0.29) is 20.2 Å². The van der Waals surface area contributed by atoms with Gasteiger partial charge in [0.15, 0.2) is 25.1 Å². The first-order valence-electron chi connectivity index (χ1n) is 5.23. The molecule has 0 aliphatic carbocycles. The SMILES string of the molecule is COCOc1cc(C=O)cc(CO)c1OCOC. The number of aliphatic hydroxyl groups is 1. The Kier molecular flexibility index (Phi) is 6.13. The summed E-state index contributed by atoms with van der Waals surface area (Å²) in [5, 5.41) is 9.26. The molecule has 0 heterocycles. The normalized spacial score (nSPS) is 10.2. The van der Waals surface area contributed by atoms with Crippen molar-refractivity contribution < 1.29 is 28.8 Å². The van der Waals surface area contributed by atoms with E-state index < -0.39 is 0 Å². The zero-order chi connectivity index (χ0) is 13.4. The van der Waals surface area contributed by atoms with Crippen LogP contribution in [0.25, 0.3) is 0 Å². The standard InChI is InChI=1S/C12H16O6/c1-15-7-17-11-4-9(5-13)3-10(6-14)12(11)18-8-16-2/h3-5,14H,6-8H2,1-2H3. The lowest BCUT2D eigenvalue weighted by Crippen LogP contribution is -2.07. The number of carbonyl (C=O) groups is 1. The van der Waals surface area contributed by atoms with E-state index in [4.69, 9.17) is 18.9 Å². The summed E-state index contributed by atoms with van der Waals surface area (Å²) in [6.07, 6.45) is 0.666. The Morgan fingerprint density at radius 2 is 1.83 bits per heavy atom. The van der Waals surface area contributed by atoms with E-state index in [1.807, 2.05) is 0 Å². The highest BCUT2D eigenvalue weighted by Gasteiger charge is 2.13. The number of methoxy groups -OCH3 is 2. The highest BCUT2D eigenvalue weighted by atomic mass is 16.7. The van der Waals surface area contributed by atoms with Crippen LogP contribution in [0.3, 0.4) is 0 Å². The third-order valence-corrected chi connectivity index (χ3v) is 2.11. The zero-order valence-electron chi connectivity index (χ0n) is 10.3. The number of aldehydes is 1. The molecule has 0 saturated carbocycles. The van der Waals surface area contributed by atoms with Crippen molar-refractivity contribution in [2.24, 2.45) is 0 Å². The van der Waals surface area contributed by atoms with Crippen molar-refractivity contribution in [2.45, 2.75) is 6.61 Å². The van der Waals surface area contributed by atoms with Crippen LogP contribution in [0.1, 0.15) is 15.9 Å². The predicted molar refractivity (Wildman–Crippen MR) is 62.8 cm³/mol. The van der Waals surface area contributed by atoms with Crippen LogP contribution in [-0.4, -0.2) is 39.2 Å². The molecule has 100 valence electrons. The minimum absolute atomic E-state index is 0.0104. The molecule has 6 nitrogen and oxygen atoms in total. The Morgan fingerprint density at radius 1 is 1.17 bits per heavy atom. The van der Waals surface area contributed by atoms with Crippen molar-refractivity contribution in [3.05, 3.63) is 23.3 Å². The number of hydrogen-bond acceptors (Lipinski definition) is 6.